The summed E-state index contributed by atoms with van der Waals surface area (Å²) in [5, 5.41) is 8.37. The van der Waals surface area contributed by atoms with Gasteiger partial charge in [-0.3, -0.25) is 9.69 Å². The van der Waals surface area contributed by atoms with Crippen molar-refractivity contribution in [2.45, 2.75) is 6.42 Å². The van der Waals surface area contributed by atoms with Crippen LogP contribution in [-0.4, -0.2) is 35.8 Å². The molecular formula is C10H13N3O. The molecule has 14 heavy (non-hydrogen) atoms. The zero-order valence-corrected chi connectivity index (χ0v) is 8.16. The predicted octanol–water partition coefficient (Wildman–Crippen LogP) is 1.04. The van der Waals surface area contributed by atoms with Crippen LogP contribution in [-0.2, 0) is 0 Å². The van der Waals surface area contributed by atoms with E-state index < -0.39 is 0 Å². The van der Waals surface area contributed by atoms with E-state index in [0.29, 0.717) is 25.2 Å². The first kappa shape index (κ1) is 10.5. The highest BCUT2D eigenvalue weighted by Gasteiger charge is 2.08. The zero-order valence-electron chi connectivity index (χ0n) is 8.16. The van der Waals surface area contributed by atoms with Gasteiger partial charge in [0.15, 0.2) is 5.78 Å². The molecule has 0 radical (unpaired) electrons. The first-order valence-corrected chi connectivity index (χ1v) is 4.46. The summed E-state index contributed by atoms with van der Waals surface area (Å²) in [5.74, 6) is 0.0513. The van der Waals surface area contributed by atoms with Crippen molar-refractivity contribution in [1.82, 2.24) is 9.88 Å². The highest BCUT2D eigenvalue weighted by atomic mass is 16.1. The van der Waals surface area contributed by atoms with Gasteiger partial charge in [0.1, 0.15) is 0 Å². The monoisotopic (exact) mass is 191 g/mol. The van der Waals surface area contributed by atoms with Crippen LogP contribution in [0.2, 0.25) is 0 Å². The molecule has 0 atom stereocenters. The first-order valence-electron chi connectivity index (χ1n) is 4.46. The second-order valence-electron chi connectivity index (χ2n) is 3.15. The molecule has 0 aliphatic heterocycles. The largest absolute Gasteiger partial charge is 0.359 e. The Bertz CT molecular complexity index is 324. The van der Waals surface area contributed by atoms with Gasteiger partial charge in [-0.25, -0.2) is 0 Å². The highest BCUT2D eigenvalue weighted by molar-refractivity contribution is 5.95. The Morgan fingerprint density at radius 2 is 2.50 bits per heavy atom. The van der Waals surface area contributed by atoms with Crippen molar-refractivity contribution in [2.24, 2.45) is 0 Å². The summed E-state index contributed by atoms with van der Waals surface area (Å²) in [6.45, 7) is 0.977. The van der Waals surface area contributed by atoms with E-state index in [-0.39, 0.29) is 5.78 Å². The van der Waals surface area contributed by atoms with Gasteiger partial charge in [-0.05, 0) is 19.2 Å². The summed E-state index contributed by atoms with van der Waals surface area (Å²) < 4.78 is 0. The van der Waals surface area contributed by atoms with E-state index in [1.54, 1.807) is 18.3 Å². The molecule has 4 nitrogen and oxygen atoms in total. The Kier molecular flexibility index (Phi) is 3.89. The van der Waals surface area contributed by atoms with Gasteiger partial charge in [-0.1, -0.05) is 0 Å². The van der Waals surface area contributed by atoms with Gasteiger partial charge in [0.25, 0.3) is 0 Å². The van der Waals surface area contributed by atoms with Gasteiger partial charge in [-0.15, -0.1) is 0 Å². The molecule has 4 heteroatoms. The second-order valence-corrected chi connectivity index (χ2v) is 3.15. The van der Waals surface area contributed by atoms with Gasteiger partial charge in [0.2, 0.25) is 0 Å². The van der Waals surface area contributed by atoms with Crippen LogP contribution in [0.4, 0.5) is 0 Å². The lowest BCUT2D eigenvalue weighted by atomic mass is 10.2. The molecule has 0 aliphatic rings. The van der Waals surface area contributed by atoms with Gasteiger partial charge < -0.3 is 4.98 Å². The SMILES string of the molecule is CN(CCC#N)CC(=O)c1ccc[nH]1. The number of nitrogens with one attached hydrogen (secondary N) is 1. The van der Waals surface area contributed by atoms with Crippen LogP contribution >= 0.6 is 0 Å². The number of nitriles is 1. The molecule has 0 aromatic carbocycles. The fourth-order valence-electron chi connectivity index (χ4n) is 1.15. The van der Waals surface area contributed by atoms with Crippen molar-refractivity contribution in [3.05, 3.63) is 24.0 Å². The third-order valence-electron chi connectivity index (χ3n) is 1.92. The van der Waals surface area contributed by atoms with Crippen LogP contribution in [0.15, 0.2) is 18.3 Å². The molecule has 1 rings (SSSR count). The second kappa shape index (κ2) is 5.20. The molecule has 0 amide bonds. The van der Waals surface area contributed by atoms with Gasteiger partial charge in [-0.2, -0.15) is 5.26 Å². The lowest BCUT2D eigenvalue weighted by molar-refractivity contribution is 0.0943. The van der Waals surface area contributed by atoms with Crippen molar-refractivity contribution in [3.63, 3.8) is 0 Å². The normalized spacial score (nSPS) is 10.1. The van der Waals surface area contributed by atoms with Gasteiger partial charge in [0.05, 0.1) is 18.3 Å². The molecule has 0 spiro atoms. The molecule has 0 saturated heterocycles. The van der Waals surface area contributed by atoms with Crippen LogP contribution in [0.5, 0.6) is 0 Å². The molecule has 1 N–H and O–H groups in total. The number of H-pyrrole nitrogens is 1. The minimum Gasteiger partial charge on any atom is -0.359 e. The number of ketones is 1. The summed E-state index contributed by atoms with van der Waals surface area (Å²) in [4.78, 5) is 16.2. The smallest absolute Gasteiger partial charge is 0.192 e. The van der Waals surface area contributed by atoms with Gasteiger partial charge >= 0.3 is 0 Å². The standard InChI is InChI=1S/C10H13N3O/c1-13(7-3-5-11)8-10(14)9-4-2-6-12-9/h2,4,6,12H,3,7-8H2,1H3. The van der Waals surface area contributed by atoms with Crippen LogP contribution in [0.3, 0.4) is 0 Å². The Morgan fingerprint density at radius 1 is 1.71 bits per heavy atom. The Hall–Kier alpha value is -1.60. The molecule has 1 aromatic heterocycles. The molecule has 0 aliphatic carbocycles. The highest BCUT2D eigenvalue weighted by Crippen LogP contribution is 1.98. The Balaban J connectivity index is 2.38. The third-order valence-corrected chi connectivity index (χ3v) is 1.92. The van der Waals surface area contributed by atoms with Crippen LogP contribution in [0.1, 0.15) is 16.9 Å². The van der Waals surface area contributed by atoms with E-state index >= 15 is 0 Å². The van der Waals surface area contributed by atoms with Crippen molar-refractivity contribution in [3.8, 4) is 6.07 Å². The van der Waals surface area contributed by atoms with Crippen molar-refractivity contribution in [2.75, 3.05) is 20.1 Å². The van der Waals surface area contributed by atoms with Crippen molar-refractivity contribution in [1.29, 1.82) is 5.26 Å². The molecular weight excluding hydrogens is 178 g/mol. The maximum atomic E-state index is 11.5. The van der Waals surface area contributed by atoms with Crippen LogP contribution < -0.4 is 0 Å². The number of likely N-dealkylation sites (N-methyl/N-ethyl adjacent to an activating group) is 1. The van der Waals surface area contributed by atoms with Gasteiger partial charge in [0, 0.05) is 19.2 Å². The molecule has 0 unspecified atom stereocenters. The molecule has 0 bridgehead atoms. The quantitative estimate of drug-likeness (QED) is 0.707. The lowest BCUT2D eigenvalue weighted by Crippen LogP contribution is -2.26. The number of nitrogens with zero attached hydrogens (tertiary/aromatic N) is 2. The summed E-state index contributed by atoms with van der Waals surface area (Å²) in [7, 11) is 1.83. The molecule has 1 heterocycles. The van der Waals surface area contributed by atoms with E-state index in [4.69, 9.17) is 5.26 Å². The third kappa shape index (κ3) is 3.04. The number of rotatable bonds is 5. The Labute approximate surface area is 83.1 Å². The zero-order chi connectivity index (χ0) is 10.4. The summed E-state index contributed by atoms with van der Waals surface area (Å²) in [6, 6.07) is 5.59. The number of aromatic amines is 1. The van der Waals surface area contributed by atoms with Crippen molar-refractivity contribution < 1.29 is 4.79 Å². The number of aromatic nitrogens is 1. The summed E-state index contributed by atoms with van der Waals surface area (Å²) in [6.07, 6.45) is 2.18. The van der Waals surface area contributed by atoms with E-state index in [1.807, 2.05) is 18.0 Å². The predicted molar refractivity (Wildman–Crippen MR) is 52.9 cm³/mol. The fraction of sp³-hybridized carbons (Fsp3) is 0.400. The van der Waals surface area contributed by atoms with E-state index in [9.17, 15) is 4.79 Å². The maximum absolute atomic E-state index is 11.5. The minimum absolute atomic E-state index is 0.0513. The molecule has 0 fully saturated rings. The average molecular weight is 191 g/mol. The topological polar surface area (TPSA) is 59.9 Å². The maximum Gasteiger partial charge on any atom is 0.192 e. The number of carbonyl (C=O) groups excluding carboxylic acids is 1. The number of hydrogen-bond acceptors (Lipinski definition) is 3. The lowest BCUT2D eigenvalue weighted by Gasteiger charge is -2.12. The molecule has 74 valence electrons. The van der Waals surface area contributed by atoms with Crippen LogP contribution in [0.25, 0.3) is 0 Å². The molecule has 0 saturated carbocycles. The van der Waals surface area contributed by atoms with E-state index in [2.05, 4.69) is 4.98 Å². The summed E-state index contributed by atoms with van der Waals surface area (Å²) >= 11 is 0. The van der Waals surface area contributed by atoms with E-state index in [0.717, 1.165) is 0 Å². The number of hydrogen-bond donors (Lipinski definition) is 1. The number of Topliss-reactive ketones (excluding diaryl/α,β-unsaturated/α-hetero) is 1. The summed E-state index contributed by atoms with van der Waals surface area (Å²) in [5.41, 5.74) is 0.619. The van der Waals surface area contributed by atoms with Crippen LogP contribution in [0, 0.1) is 11.3 Å². The Morgan fingerprint density at radius 3 is 3.07 bits per heavy atom. The van der Waals surface area contributed by atoms with Crippen molar-refractivity contribution >= 4 is 5.78 Å². The average Bonchev–Trinajstić information content (AvgIpc) is 2.67. The fourth-order valence-corrected chi connectivity index (χ4v) is 1.15. The number of carbonyl (C=O) groups is 1. The first-order chi connectivity index (χ1) is 6.74. The molecule has 1 aromatic rings. The van der Waals surface area contributed by atoms with E-state index in [1.165, 1.54) is 0 Å². The minimum atomic E-state index is 0.0513.